The summed E-state index contributed by atoms with van der Waals surface area (Å²) in [5.74, 6) is 0.139. The first-order valence-corrected chi connectivity index (χ1v) is 7.37. The van der Waals surface area contributed by atoms with Crippen molar-refractivity contribution in [2.24, 2.45) is 4.99 Å². The zero-order valence-corrected chi connectivity index (χ0v) is 15.6. The van der Waals surface area contributed by atoms with Gasteiger partial charge in [-0.3, -0.25) is 9.89 Å². The number of rotatable bonds is 4. The summed E-state index contributed by atoms with van der Waals surface area (Å²) < 4.78 is 50.7. The van der Waals surface area contributed by atoms with Crippen LogP contribution in [0.2, 0.25) is 0 Å². The Morgan fingerprint density at radius 1 is 1.33 bits per heavy atom. The fourth-order valence-electron chi connectivity index (χ4n) is 2.56. The van der Waals surface area contributed by atoms with Crippen molar-refractivity contribution in [1.29, 1.82) is 0 Å². The standard InChI is InChI=1S/C15H20F4N4.HI/c1-20-14(21-8-11-4-2-3-5-13(11)16)22-12-6-7-23(9-12)10-15(17,18)19;/h2-5,12H,6-10H2,1H3,(H2,20,21,22);1H. The number of nitrogens with one attached hydrogen (secondary N) is 2. The van der Waals surface area contributed by atoms with E-state index >= 15 is 0 Å². The number of hydrogen-bond acceptors (Lipinski definition) is 2. The highest BCUT2D eigenvalue weighted by molar-refractivity contribution is 14.0. The predicted molar refractivity (Wildman–Crippen MR) is 96.0 cm³/mol. The molecule has 1 heterocycles. The first-order chi connectivity index (χ1) is 10.9. The molecule has 0 aromatic heterocycles. The van der Waals surface area contributed by atoms with Crippen LogP contribution in [-0.4, -0.2) is 49.8 Å². The molecule has 0 amide bonds. The summed E-state index contributed by atoms with van der Waals surface area (Å²) >= 11 is 0. The van der Waals surface area contributed by atoms with Gasteiger partial charge in [0.15, 0.2) is 5.96 Å². The highest BCUT2D eigenvalue weighted by atomic mass is 127. The molecule has 1 saturated heterocycles. The number of aliphatic imine (C=N–C) groups is 1. The van der Waals surface area contributed by atoms with Crippen molar-refractivity contribution in [2.75, 3.05) is 26.7 Å². The second kappa shape index (κ2) is 9.40. The zero-order valence-electron chi connectivity index (χ0n) is 13.2. The zero-order chi connectivity index (χ0) is 16.9. The van der Waals surface area contributed by atoms with Crippen LogP contribution in [0.1, 0.15) is 12.0 Å². The van der Waals surface area contributed by atoms with Crippen LogP contribution in [0.5, 0.6) is 0 Å². The Hall–Kier alpha value is -1.10. The van der Waals surface area contributed by atoms with Crippen LogP contribution in [-0.2, 0) is 6.54 Å². The predicted octanol–water partition coefficient (Wildman–Crippen LogP) is 2.75. The van der Waals surface area contributed by atoms with E-state index in [1.807, 2.05) is 0 Å². The number of halogens is 5. The molecule has 24 heavy (non-hydrogen) atoms. The summed E-state index contributed by atoms with van der Waals surface area (Å²) in [6.07, 6.45) is -3.57. The van der Waals surface area contributed by atoms with Gasteiger partial charge in [-0.15, -0.1) is 24.0 Å². The Morgan fingerprint density at radius 3 is 2.67 bits per heavy atom. The molecule has 0 radical (unpaired) electrons. The summed E-state index contributed by atoms with van der Waals surface area (Å²) in [5.41, 5.74) is 0.501. The Morgan fingerprint density at radius 2 is 2.04 bits per heavy atom. The van der Waals surface area contributed by atoms with Crippen molar-refractivity contribution >= 4 is 29.9 Å². The topological polar surface area (TPSA) is 39.7 Å². The van der Waals surface area contributed by atoms with E-state index in [2.05, 4.69) is 15.6 Å². The van der Waals surface area contributed by atoms with E-state index in [1.165, 1.54) is 11.0 Å². The molecule has 1 aliphatic rings. The Kier molecular flexibility index (Phi) is 8.20. The van der Waals surface area contributed by atoms with Gasteiger partial charge < -0.3 is 10.6 Å². The molecule has 0 aliphatic carbocycles. The van der Waals surface area contributed by atoms with Crippen LogP contribution in [0.15, 0.2) is 29.3 Å². The van der Waals surface area contributed by atoms with E-state index in [1.54, 1.807) is 25.2 Å². The Bertz CT molecular complexity index is 551. The van der Waals surface area contributed by atoms with Crippen LogP contribution in [0, 0.1) is 5.82 Å². The highest BCUT2D eigenvalue weighted by Crippen LogP contribution is 2.19. The first kappa shape index (κ1) is 20.9. The van der Waals surface area contributed by atoms with E-state index in [9.17, 15) is 17.6 Å². The minimum Gasteiger partial charge on any atom is -0.352 e. The van der Waals surface area contributed by atoms with Gasteiger partial charge in [0.05, 0.1) is 6.54 Å². The molecular formula is C15H21F4IN4. The molecular weight excluding hydrogens is 439 g/mol. The van der Waals surface area contributed by atoms with Crippen LogP contribution in [0.25, 0.3) is 0 Å². The van der Waals surface area contributed by atoms with Crippen molar-refractivity contribution in [3.63, 3.8) is 0 Å². The van der Waals surface area contributed by atoms with Gasteiger partial charge in [0, 0.05) is 38.3 Å². The minimum absolute atomic E-state index is 0. The molecule has 1 unspecified atom stereocenters. The maximum absolute atomic E-state index is 13.5. The molecule has 0 saturated carbocycles. The van der Waals surface area contributed by atoms with E-state index in [4.69, 9.17) is 0 Å². The molecule has 1 aromatic carbocycles. The van der Waals surface area contributed by atoms with E-state index in [0.717, 1.165) is 0 Å². The van der Waals surface area contributed by atoms with Crippen molar-refractivity contribution in [1.82, 2.24) is 15.5 Å². The van der Waals surface area contributed by atoms with Crippen molar-refractivity contribution < 1.29 is 17.6 Å². The average molecular weight is 460 g/mol. The second-order valence-corrected chi connectivity index (χ2v) is 5.50. The number of alkyl halides is 3. The van der Waals surface area contributed by atoms with E-state index in [-0.39, 0.29) is 42.4 Å². The lowest BCUT2D eigenvalue weighted by atomic mass is 10.2. The molecule has 0 bridgehead atoms. The third-order valence-electron chi connectivity index (χ3n) is 3.64. The molecule has 2 N–H and O–H groups in total. The maximum Gasteiger partial charge on any atom is 0.401 e. The van der Waals surface area contributed by atoms with Crippen molar-refractivity contribution in [3.05, 3.63) is 35.6 Å². The fourth-order valence-corrected chi connectivity index (χ4v) is 2.56. The molecule has 1 aromatic rings. The van der Waals surface area contributed by atoms with Gasteiger partial charge in [-0.05, 0) is 12.5 Å². The lowest BCUT2D eigenvalue weighted by Crippen LogP contribution is -2.45. The minimum atomic E-state index is -4.18. The lowest BCUT2D eigenvalue weighted by Gasteiger charge is -2.19. The Balaban J connectivity index is 0.00000288. The van der Waals surface area contributed by atoms with Crippen LogP contribution >= 0.6 is 24.0 Å². The number of likely N-dealkylation sites (tertiary alicyclic amines) is 1. The lowest BCUT2D eigenvalue weighted by molar-refractivity contribution is -0.143. The first-order valence-electron chi connectivity index (χ1n) is 7.37. The Labute approximate surface area is 155 Å². The SMILES string of the molecule is CN=C(NCc1ccccc1F)NC1CCN(CC(F)(F)F)C1.I. The summed E-state index contributed by atoms with van der Waals surface area (Å²) in [6.45, 7) is 0.0547. The highest BCUT2D eigenvalue weighted by Gasteiger charge is 2.34. The van der Waals surface area contributed by atoms with E-state index in [0.29, 0.717) is 31.0 Å². The third kappa shape index (κ3) is 6.80. The third-order valence-corrected chi connectivity index (χ3v) is 3.64. The van der Waals surface area contributed by atoms with Gasteiger partial charge in [0.2, 0.25) is 0 Å². The summed E-state index contributed by atoms with van der Waals surface area (Å²) in [5, 5.41) is 6.05. The maximum atomic E-state index is 13.5. The molecule has 0 spiro atoms. The van der Waals surface area contributed by atoms with Gasteiger partial charge in [-0.1, -0.05) is 18.2 Å². The number of hydrogen-bond donors (Lipinski definition) is 2. The number of guanidine groups is 1. The van der Waals surface area contributed by atoms with Crippen LogP contribution < -0.4 is 10.6 Å². The molecule has 1 aliphatic heterocycles. The molecule has 4 nitrogen and oxygen atoms in total. The van der Waals surface area contributed by atoms with E-state index < -0.39 is 12.7 Å². The summed E-state index contributed by atoms with van der Waals surface area (Å²) in [6, 6.07) is 6.28. The number of nitrogens with zero attached hydrogens (tertiary/aromatic N) is 2. The molecule has 2 rings (SSSR count). The van der Waals surface area contributed by atoms with Crippen LogP contribution in [0.4, 0.5) is 17.6 Å². The smallest absolute Gasteiger partial charge is 0.352 e. The van der Waals surface area contributed by atoms with Crippen molar-refractivity contribution in [2.45, 2.75) is 25.2 Å². The monoisotopic (exact) mass is 460 g/mol. The van der Waals surface area contributed by atoms with Crippen LogP contribution in [0.3, 0.4) is 0 Å². The van der Waals surface area contributed by atoms with Crippen molar-refractivity contribution in [3.8, 4) is 0 Å². The van der Waals surface area contributed by atoms with Gasteiger partial charge in [-0.25, -0.2) is 4.39 Å². The molecule has 1 fully saturated rings. The molecule has 136 valence electrons. The molecule has 1 atom stereocenters. The fraction of sp³-hybridized carbons (Fsp3) is 0.533. The summed E-state index contributed by atoms with van der Waals surface area (Å²) in [7, 11) is 1.57. The molecule has 9 heteroatoms. The van der Waals surface area contributed by atoms with Gasteiger partial charge in [0.25, 0.3) is 0 Å². The van der Waals surface area contributed by atoms with Gasteiger partial charge in [-0.2, -0.15) is 13.2 Å². The summed E-state index contributed by atoms with van der Waals surface area (Å²) in [4.78, 5) is 5.39. The largest absolute Gasteiger partial charge is 0.401 e. The van der Waals surface area contributed by atoms with Gasteiger partial charge >= 0.3 is 6.18 Å². The average Bonchev–Trinajstić information content (AvgIpc) is 2.90. The number of benzene rings is 1. The second-order valence-electron chi connectivity index (χ2n) is 5.50. The normalized spacial score (nSPS) is 19.0. The van der Waals surface area contributed by atoms with Gasteiger partial charge in [0.1, 0.15) is 5.82 Å². The quantitative estimate of drug-likeness (QED) is 0.314.